The van der Waals surface area contributed by atoms with Gasteiger partial charge in [-0.2, -0.15) is 0 Å². The topological polar surface area (TPSA) is 185 Å². The van der Waals surface area contributed by atoms with E-state index in [2.05, 4.69) is 16.0 Å². The largest absolute Gasteiger partial charge is 0.481 e. The van der Waals surface area contributed by atoms with Crippen LogP contribution in [0.5, 0.6) is 0 Å². The molecule has 0 saturated carbocycles. The van der Waals surface area contributed by atoms with Gasteiger partial charge < -0.3 is 31.1 Å². The lowest BCUT2D eigenvalue weighted by Gasteiger charge is -2.28. The van der Waals surface area contributed by atoms with Gasteiger partial charge in [0.25, 0.3) is 5.91 Å². The van der Waals surface area contributed by atoms with Gasteiger partial charge in [0.05, 0.1) is 6.42 Å². The maximum Gasteiger partial charge on any atom is 0.328 e. The summed E-state index contributed by atoms with van der Waals surface area (Å²) in [4.78, 5) is 77.6. The van der Waals surface area contributed by atoms with Crippen molar-refractivity contribution in [2.45, 2.75) is 71.6 Å². The van der Waals surface area contributed by atoms with E-state index in [-0.39, 0.29) is 18.9 Å². The highest BCUT2D eigenvalue weighted by molar-refractivity contribution is 6.09. The van der Waals surface area contributed by atoms with E-state index < -0.39 is 59.9 Å². The number of hydrogen-bond acceptors (Lipinski definition) is 6. The normalized spacial score (nSPS) is 15.7. The van der Waals surface area contributed by atoms with Crippen LogP contribution in [0.25, 0.3) is 0 Å². The van der Waals surface area contributed by atoms with Crippen LogP contribution < -0.4 is 16.0 Å². The van der Waals surface area contributed by atoms with Gasteiger partial charge in [-0.25, -0.2) is 19.3 Å². The van der Waals surface area contributed by atoms with Gasteiger partial charge in [0, 0.05) is 17.9 Å². The zero-order chi connectivity index (χ0) is 32.1. The molecule has 13 heteroatoms. The molecule has 0 radical (unpaired) electrons. The Bertz CT molecular complexity index is 1410. The molecule has 2 atom stereocenters. The second-order valence-corrected chi connectivity index (χ2v) is 11.3. The molecule has 0 bridgehead atoms. The number of carbonyl (C=O) groups excluding carboxylic acids is 4. The van der Waals surface area contributed by atoms with Gasteiger partial charge in [0.15, 0.2) is 0 Å². The molecule has 5 N–H and O–H groups in total. The Morgan fingerprint density at radius 2 is 1.56 bits per heavy atom. The number of hydrogen-bond donors (Lipinski definition) is 5. The highest BCUT2D eigenvalue weighted by Gasteiger charge is 2.54. The van der Waals surface area contributed by atoms with Crippen molar-refractivity contribution in [3.63, 3.8) is 0 Å². The van der Waals surface area contributed by atoms with Crippen molar-refractivity contribution < 1.29 is 39.0 Å². The number of anilines is 2. The van der Waals surface area contributed by atoms with Gasteiger partial charge in [-0.1, -0.05) is 44.2 Å². The number of carbonyl (C=O) groups is 6. The van der Waals surface area contributed by atoms with Gasteiger partial charge in [0.2, 0.25) is 5.91 Å². The fourth-order valence-electron chi connectivity index (χ4n) is 4.70. The zero-order valence-electron chi connectivity index (χ0n) is 24.7. The molecule has 1 aliphatic rings. The average molecular weight is 596 g/mol. The number of para-hydroxylation sites is 1. The minimum atomic E-state index is -1.73. The van der Waals surface area contributed by atoms with Crippen molar-refractivity contribution in [1.82, 2.24) is 15.1 Å². The number of aliphatic carboxylic acids is 2. The minimum absolute atomic E-state index is 0.0105. The van der Waals surface area contributed by atoms with E-state index in [1.165, 1.54) is 4.90 Å². The third-order valence-corrected chi connectivity index (χ3v) is 7.10. The first-order chi connectivity index (χ1) is 20.1. The highest BCUT2D eigenvalue weighted by Crippen LogP contribution is 2.33. The summed E-state index contributed by atoms with van der Waals surface area (Å²) in [5, 5.41) is 26.1. The van der Waals surface area contributed by atoms with Crippen LogP contribution >= 0.6 is 0 Å². The number of imide groups is 1. The zero-order valence-corrected chi connectivity index (χ0v) is 24.7. The summed E-state index contributed by atoms with van der Waals surface area (Å²) in [6.45, 7) is 8.54. The summed E-state index contributed by atoms with van der Waals surface area (Å²) < 4.78 is 0. The number of nitrogens with one attached hydrogen (secondary N) is 3. The molecule has 0 aliphatic carbocycles. The average Bonchev–Trinajstić information content (AvgIpc) is 3.07. The minimum Gasteiger partial charge on any atom is -0.481 e. The maximum atomic E-state index is 13.6. The van der Waals surface area contributed by atoms with E-state index in [1.54, 1.807) is 58.0 Å². The summed E-state index contributed by atoms with van der Waals surface area (Å²) in [6, 6.07) is 9.80. The SMILES string of the molecule is Cc1ccccc1NC(=O)Nc1ccc(CN2C(=O)N([C@@H](CC(C)C)C(=O)N[C@@H](CC(=O)O)C(=O)O)C(=O)C2(C)C)cc1. The standard InChI is InChI=1S/C30H37N5O8/c1-17(2)14-23(25(38)32-22(26(39)40)15-24(36)37)35-27(41)30(4,5)34(29(35)43)16-19-10-12-20(13-11-19)31-28(42)33-21-9-7-6-8-18(21)3/h6-13,17,22-23H,14-16H2,1-5H3,(H,32,38)(H,36,37)(H,39,40)(H2,31,33,42)/t22-,23-/m0/s1. The van der Waals surface area contributed by atoms with Crippen molar-refractivity contribution in [2.75, 3.05) is 10.6 Å². The molecular formula is C30H37N5O8. The summed E-state index contributed by atoms with van der Waals surface area (Å²) in [5.74, 6) is -4.72. The van der Waals surface area contributed by atoms with Crippen LogP contribution in [-0.2, 0) is 25.7 Å². The number of amides is 6. The van der Waals surface area contributed by atoms with E-state index in [0.717, 1.165) is 10.5 Å². The number of carboxylic acids is 2. The molecule has 1 aliphatic heterocycles. The number of benzene rings is 2. The predicted molar refractivity (Wildman–Crippen MR) is 157 cm³/mol. The van der Waals surface area contributed by atoms with Crippen LogP contribution in [0.15, 0.2) is 48.5 Å². The lowest BCUT2D eigenvalue weighted by Crippen LogP contribution is -2.54. The van der Waals surface area contributed by atoms with Gasteiger partial charge >= 0.3 is 24.0 Å². The Morgan fingerprint density at radius 3 is 2.12 bits per heavy atom. The van der Waals surface area contributed by atoms with Crippen LogP contribution in [0.4, 0.5) is 21.0 Å². The molecule has 2 aromatic carbocycles. The van der Waals surface area contributed by atoms with E-state index in [4.69, 9.17) is 5.11 Å². The van der Waals surface area contributed by atoms with Crippen molar-refractivity contribution in [3.05, 3.63) is 59.7 Å². The van der Waals surface area contributed by atoms with Crippen LogP contribution in [0.3, 0.4) is 0 Å². The van der Waals surface area contributed by atoms with Crippen molar-refractivity contribution in [3.8, 4) is 0 Å². The molecule has 0 unspecified atom stereocenters. The molecule has 6 amide bonds. The molecule has 0 aromatic heterocycles. The molecule has 0 spiro atoms. The number of carboxylic acid groups (broad SMARTS) is 2. The Labute approximate surface area is 249 Å². The number of urea groups is 2. The molecule has 230 valence electrons. The molecular weight excluding hydrogens is 558 g/mol. The summed E-state index contributed by atoms with van der Waals surface area (Å²) in [5.41, 5.74) is 1.39. The van der Waals surface area contributed by atoms with E-state index in [1.807, 2.05) is 25.1 Å². The fraction of sp³-hybridized carbons (Fsp3) is 0.400. The van der Waals surface area contributed by atoms with E-state index in [9.17, 15) is 33.9 Å². The van der Waals surface area contributed by atoms with Crippen LogP contribution in [0, 0.1) is 12.8 Å². The molecule has 2 aromatic rings. The highest BCUT2D eigenvalue weighted by atomic mass is 16.4. The van der Waals surface area contributed by atoms with Gasteiger partial charge in [0.1, 0.15) is 17.6 Å². The maximum absolute atomic E-state index is 13.6. The first-order valence-corrected chi connectivity index (χ1v) is 13.7. The Kier molecular flexibility index (Phi) is 10.1. The molecule has 1 saturated heterocycles. The van der Waals surface area contributed by atoms with Crippen LogP contribution in [-0.4, -0.2) is 73.5 Å². The quantitative estimate of drug-likeness (QED) is 0.230. The first kappa shape index (κ1) is 32.6. The molecule has 1 heterocycles. The monoisotopic (exact) mass is 595 g/mol. The Morgan fingerprint density at radius 1 is 0.930 bits per heavy atom. The fourth-order valence-corrected chi connectivity index (χ4v) is 4.70. The van der Waals surface area contributed by atoms with Crippen LogP contribution in [0.2, 0.25) is 0 Å². The van der Waals surface area contributed by atoms with Gasteiger partial charge in [-0.3, -0.25) is 14.4 Å². The Hall–Kier alpha value is -4.94. The molecule has 3 rings (SSSR count). The third-order valence-electron chi connectivity index (χ3n) is 7.10. The second-order valence-electron chi connectivity index (χ2n) is 11.3. The van der Waals surface area contributed by atoms with Crippen molar-refractivity contribution in [2.24, 2.45) is 5.92 Å². The van der Waals surface area contributed by atoms with E-state index in [0.29, 0.717) is 16.9 Å². The van der Waals surface area contributed by atoms with Gasteiger partial charge in [-0.15, -0.1) is 0 Å². The predicted octanol–water partition coefficient (Wildman–Crippen LogP) is 3.64. The van der Waals surface area contributed by atoms with Crippen LogP contribution in [0.1, 0.15) is 51.7 Å². The lowest BCUT2D eigenvalue weighted by molar-refractivity contribution is -0.148. The summed E-state index contributed by atoms with van der Waals surface area (Å²) in [6.07, 6.45) is -0.828. The summed E-state index contributed by atoms with van der Waals surface area (Å²) >= 11 is 0. The molecule has 43 heavy (non-hydrogen) atoms. The third kappa shape index (κ3) is 7.87. The Balaban J connectivity index is 1.76. The summed E-state index contributed by atoms with van der Waals surface area (Å²) in [7, 11) is 0. The number of nitrogens with zero attached hydrogens (tertiary/aromatic N) is 2. The smallest absolute Gasteiger partial charge is 0.328 e. The second kappa shape index (κ2) is 13.4. The first-order valence-electron chi connectivity index (χ1n) is 13.7. The lowest BCUT2D eigenvalue weighted by atomic mass is 9.99. The molecule has 13 nitrogen and oxygen atoms in total. The van der Waals surface area contributed by atoms with Gasteiger partial charge in [-0.05, 0) is 62.4 Å². The molecule has 1 fully saturated rings. The number of rotatable bonds is 12. The number of aryl methyl sites for hydroxylation is 1. The van der Waals surface area contributed by atoms with E-state index >= 15 is 0 Å². The van der Waals surface area contributed by atoms with Crippen molar-refractivity contribution >= 4 is 47.2 Å². The van der Waals surface area contributed by atoms with Crippen molar-refractivity contribution in [1.29, 1.82) is 0 Å².